The highest BCUT2D eigenvalue weighted by Gasteiger charge is 2.45. The minimum absolute atomic E-state index is 0.178. The largest absolute Gasteiger partial charge is 0.441 e. The van der Waals surface area contributed by atoms with Crippen molar-refractivity contribution in [2.24, 2.45) is 5.73 Å². The van der Waals surface area contributed by atoms with E-state index >= 15 is 0 Å². The molecule has 0 radical (unpaired) electrons. The lowest BCUT2D eigenvalue weighted by Crippen LogP contribution is -2.39. The monoisotopic (exact) mass is 216 g/mol. The minimum atomic E-state index is -0.183. The van der Waals surface area contributed by atoms with Crippen molar-refractivity contribution < 1.29 is 9.53 Å². The summed E-state index contributed by atoms with van der Waals surface area (Å²) < 4.78 is 5.47. The van der Waals surface area contributed by atoms with Crippen LogP contribution in [0.15, 0.2) is 0 Å². The van der Waals surface area contributed by atoms with Gasteiger partial charge in [-0.1, -0.05) is 0 Å². The maximum atomic E-state index is 11.5. The van der Waals surface area contributed by atoms with Crippen LogP contribution in [-0.2, 0) is 4.74 Å². The molecule has 1 spiro atoms. The molecule has 2 saturated heterocycles. The third-order valence-electron chi connectivity index (χ3n) is 2.84. The fourth-order valence-electron chi connectivity index (χ4n) is 2.02. The van der Waals surface area contributed by atoms with E-state index in [1.165, 1.54) is 0 Å². The normalized spacial score (nSPS) is 25.5. The number of nitrogens with zero attached hydrogens (tertiary/aromatic N) is 1. The van der Waals surface area contributed by atoms with Crippen LogP contribution in [0.25, 0.3) is 0 Å². The Hall–Kier alpha value is -0.420. The predicted octanol–water partition coefficient (Wildman–Crippen LogP) is 0.663. The molecule has 2 fully saturated rings. The molecule has 2 rings (SSSR count). The number of carbonyl (C=O) groups excluding carboxylic acids is 1. The Morgan fingerprint density at radius 3 is 2.86 bits per heavy atom. The molecule has 5 heteroatoms. The summed E-state index contributed by atoms with van der Waals surface area (Å²) in [4.78, 5) is 13.2. The van der Waals surface area contributed by atoms with Gasteiger partial charge in [0.1, 0.15) is 5.60 Å². The van der Waals surface area contributed by atoms with Gasteiger partial charge in [0.25, 0.3) is 0 Å². The van der Waals surface area contributed by atoms with Crippen LogP contribution < -0.4 is 5.73 Å². The van der Waals surface area contributed by atoms with Crippen LogP contribution in [0.5, 0.6) is 0 Å². The molecular formula is C9H16N2O2S. The smallest absolute Gasteiger partial charge is 0.410 e. The molecule has 0 bridgehead atoms. The zero-order valence-corrected chi connectivity index (χ0v) is 9.02. The van der Waals surface area contributed by atoms with Gasteiger partial charge in [-0.05, 0) is 24.3 Å². The Bertz CT molecular complexity index is 229. The van der Waals surface area contributed by atoms with E-state index in [9.17, 15) is 4.79 Å². The Labute approximate surface area is 88.1 Å². The van der Waals surface area contributed by atoms with Gasteiger partial charge in [0.05, 0.1) is 6.54 Å². The molecule has 0 aromatic rings. The van der Waals surface area contributed by atoms with Crippen LogP contribution >= 0.6 is 11.8 Å². The molecule has 2 aliphatic heterocycles. The van der Waals surface area contributed by atoms with Gasteiger partial charge in [0.15, 0.2) is 0 Å². The van der Waals surface area contributed by atoms with E-state index in [0.717, 1.165) is 30.9 Å². The zero-order chi connectivity index (χ0) is 10.0. The van der Waals surface area contributed by atoms with Crippen LogP contribution in [0.2, 0.25) is 0 Å². The molecule has 0 aliphatic carbocycles. The quantitative estimate of drug-likeness (QED) is 0.737. The highest BCUT2D eigenvalue weighted by Crippen LogP contribution is 2.35. The zero-order valence-electron chi connectivity index (χ0n) is 8.20. The van der Waals surface area contributed by atoms with Crippen molar-refractivity contribution in [3.05, 3.63) is 0 Å². The number of amides is 1. The van der Waals surface area contributed by atoms with Crippen LogP contribution in [0, 0.1) is 0 Å². The molecule has 2 heterocycles. The second-order valence-corrected chi connectivity index (χ2v) is 5.10. The fraction of sp³-hybridized carbons (Fsp3) is 0.889. The van der Waals surface area contributed by atoms with Gasteiger partial charge in [-0.15, -0.1) is 0 Å². The second kappa shape index (κ2) is 3.98. The van der Waals surface area contributed by atoms with E-state index in [-0.39, 0.29) is 11.7 Å². The molecule has 2 aliphatic rings. The van der Waals surface area contributed by atoms with Crippen LogP contribution in [0.4, 0.5) is 4.79 Å². The molecule has 0 atom stereocenters. The molecule has 1 amide bonds. The van der Waals surface area contributed by atoms with Crippen molar-refractivity contribution in [2.75, 3.05) is 31.1 Å². The van der Waals surface area contributed by atoms with Gasteiger partial charge in [-0.25, -0.2) is 4.79 Å². The number of ether oxygens (including phenoxy) is 1. The highest BCUT2D eigenvalue weighted by atomic mass is 32.2. The molecular weight excluding hydrogens is 200 g/mol. The van der Waals surface area contributed by atoms with Gasteiger partial charge in [0, 0.05) is 13.1 Å². The topological polar surface area (TPSA) is 55.6 Å². The summed E-state index contributed by atoms with van der Waals surface area (Å²) in [6.07, 6.45) is 1.80. The average Bonchev–Trinajstić information content (AvgIpc) is 2.45. The van der Waals surface area contributed by atoms with Gasteiger partial charge < -0.3 is 15.4 Å². The highest BCUT2D eigenvalue weighted by molar-refractivity contribution is 7.99. The Kier molecular flexibility index (Phi) is 2.88. The van der Waals surface area contributed by atoms with Crippen LogP contribution in [0.3, 0.4) is 0 Å². The maximum absolute atomic E-state index is 11.5. The summed E-state index contributed by atoms with van der Waals surface area (Å²) in [6.45, 7) is 1.87. The first-order chi connectivity index (χ1) is 6.76. The lowest BCUT2D eigenvalue weighted by molar-refractivity contribution is 0.0502. The summed E-state index contributed by atoms with van der Waals surface area (Å²) in [5.41, 5.74) is 5.25. The number of hydrogen-bond acceptors (Lipinski definition) is 4. The SMILES string of the molecule is NCCN1CC2(CCSCC2)OC1=O. The fourth-order valence-corrected chi connectivity index (χ4v) is 3.26. The molecule has 14 heavy (non-hydrogen) atoms. The van der Waals surface area contributed by atoms with Crippen molar-refractivity contribution in [2.45, 2.75) is 18.4 Å². The van der Waals surface area contributed by atoms with Crippen LogP contribution in [-0.4, -0.2) is 47.7 Å². The second-order valence-electron chi connectivity index (χ2n) is 3.87. The lowest BCUT2D eigenvalue weighted by Gasteiger charge is -2.30. The number of hydrogen-bond donors (Lipinski definition) is 1. The minimum Gasteiger partial charge on any atom is -0.441 e. The molecule has 0 unspecified atom stereocenters. The Morgan fingerprint density at radius 2 is 2.21 bits per heavy atom. The Morgan fingerprint density at radius 1 is 1.50 bits per heavy atom. The van der Waals surface area contributed by atoms with Gasteiger partial charge in [0.2, 0.25) is 0 Å². The average molecular weight is 216 g/mol. The van der Waals surface area contributed by atoms with Crippen molar-refractivity contribution in [1.29, 1.82) is 0 Å². The summed E-state index contributed by atoms with van der Waals surface area (Å²) >= 11 is 1.94. The molecule has 0 aromatic carbocycles. The third-order valence-corrected chi connectivity index (χ3v) is 3.83. The van der Waals surface area contributed by atoms with E-state index in [4.69, 9.17) is 10.5 Å². The number of thioether (sulfide) groups is 1. The maximum Gasteiger partial charge on any atom is 0.410 e. The summed E-state index contributed by atoms with van der Waals surface area (Å²) in [5.74, 6) is 2.20. The van der Waals surface area contributed by atoms with Crippen LogP contribution in [0.1, 0.15) is 12.8 Å². The number of carbonyl (C=O) groups is 1. The molecule has 80 valence electrons. The first kappa shape index (κ1) is 10.1. The standard InChI is InChI=1S/C9H16N2O2S/c10-3-4-11-7-9(13-8(11)12)1-5-14-6-2-9/h1-7,10H2. The van der Waals surface area contributed by atoms with Gasteiger partial charge in [-0.3, -0.25) is 0 Å². The number of rotatable bonds is 2. The van der Waals surface area contributed by atoms with E-state index < -0.39 is 0 Å². The first-order valence-electron chi connectivity index (χ1n) is 5.01. The summed E-state index contributed by atoms with van der Waals surface area (Å²) in [6, 6.07) is 0. The van der Waals surface area contributed by atoms with E-state index in [1.54, 1.807) is 4.90 Å². The van der Waals surface area contributed by atoms with Crippen molar-refractivity contribution in [3.63, 3.8) is 0 Å². The summed E-state index contributed by atoms with van der Waals surface area (Å²) in [7, 11) is 0. The predicted molar refractivity (Wildman–Crippen MR) is 56.4 cm³/mol. The molecule has 0 saturated carbocycles. The van der Waals surface area contributed by atoms with Gasteiger partial charge >= 0.3 is 6.09 Å². The molecule has 4 nitrogen and oxygen atoms in total. The first-order valence-corrected chi connectivity index (χ1v) is 6.17. The van der Waals surface area contributed by atoms with Crippen molar-refractivity contribution in [3.8, 4) is 0 Å². The van der Waals surface area contributed by atoms with Gasteiger partial charge in [-0.2, -0.15) is 11.8 Å². The third kappa shape index (κ3) is 1.83. The van der Waals surface area contributed by atoms with E-state index in [0.29, 0.717) is 13.1 Å². The summed E-state index contributed by atoms with van der Waals surface area (Å²) in [5, 5.41) is 0. The van der Waals surface area contributed by atoms with E-state index in [1.807, 2.05) is 11.8 Å². The number of nitrogens with two attached hydrogens (primary N) is 1. The molecule has 2 N–H and O–H groups in total. The van der Waals surface area contributed by atoms with Crippen molar-refractivity contribution in [1.82, 2.24) is 4.90 Å². The Balaban J connectivity index is 1.99. The van der Waals surface area contributed by atoms with E-state index in [2.05, 4.69) is 0 Å². The van der Waals surface area contributed by atoms with Crippen molar-refractivity contribution >= 4 is 17.9 Å². The molecule has 0 aromatic heterocycles. The lowest BCUT2D eigenvalue weighted by atomic mass is 9.97.